The summed E-state index contributed by atoms with van der Waals surface area (Å²) in [6.07, 6.45) is 2.50. The summed E-state index contributed by atoms with van der Waals surface area (Å²) in [5.41, 5.74) is 0.482. The normalized spacial score (nSPS) is 10.9. The van der Waals surface area contributed by atoms with E-state index in [9.17, 15) is 4.79 Å². The second-order valence-corrected chi connectivity index (χ2v) is 7.10. The van der Waals surface area contributed by atoms with Gasteiger partial charge in [0.05, 0.1) is 27.7 Å². The minimum atomic E-state index is -0.204. The largest absolute Gasteiger partial charge is 0.461 e. The number of rotatable bonds is 7. The molecule has 0 saturated carbocycles. The summed E-state index contributed by atoms with van der Waals surface area (Å²) in [6, 6.07) is 8.72. The van der Waals surface area contributed by atoms with Gasteiger partial charge in [-0.1, -0.05) is 48.0 Å². The number of nitrogens with zero attached hydrogens (tertiary/aromatic N) is 3. The molecular weight excluding hydrogens is 395 g/mol. The second-order valence-electron chi connectivity index (χ2n) is 5.37. The fraction of sp³-hybridized carbons (Fsp3) is 0.235. The SMILES string of the molecule is CCCn1c(SCC(=O)Nc2cccc(Cl)c2Cl)nnc1-c1ccco1. The molecule has 3 rings (SSSR count). The number of furan rings is 1. The maximum absolute atomic E-state index is 12.2. The maximum Gasteiger partial charge on any atom is 0.234 e. The van der Waals surface area contributed by atoms with E-state index in [0.29, 0.717) is 32.5 Å². The van der Waals surface area contributed by atoms with E-state index in [1.807, 2.05) is 10.6 Å². The zero-order valence-electron chi connectivity index (χ0n) is 13.9. The van der Waals surface area contributed by atoms with E-state index < -0.39 is 0 Å². The molecule has 6 nitrogen and oxygen atoms in total. The maximum atomic E-state index is 12.2. The van der Waals surface area contributed by atoms with E-state index in [1.165, 1.54) is 11.8 Å². The molecule has 0 aliphatic rings. The highest BCUT2D eigenvalue weighted by Gasteiger charge is 2.17. The number of anilines is 1. The molecule has 1 aromatic carbocycles. The Labute approximate surface area is 164 Å². The molecule has 0 aliphatic carbocycles. The lowest BCUT2D eigenvalue weighted by Crippen LogP contribution is -2.15. The lowest BCUT2D eigenvalue weighted by Gasteiger charge is -2.09. The van der Waals surface area contributed by atoms with Gasteiger partial charge in [0, 0.05) is 6.54 Å². The molecule has 0 unspecified atom stereocenters. The van der Waals surface area contributed by atoms with Crippen LogP contribution < -0.4 is 5.32 Å². The molecule has 26 heavy (non-hydrogen) atoms. The summed E-state index contributed by atoms with van der Waals surface area (Å²) in [6.45, 7) is 2.79. The van der Waals surface area contributed by atoms with Crippen LogP contribution in [0.25, 0.3) is 11.6 Å². The van der Waals surface area contributed by atoms with Gasteiger partial charge in [-0.2, -0.15) is 0 Å². The van der Waals surface area contributed by atoms with Gasteiger partial charge in [-0.3, -0.25) is 9.36 Å². The zero-order chi connectivity index (χ0) is 18.5. The molecule has 3 aromatic rings. The quantitative estimate of drug-likeness (QED) is 0.555. The van der Waals surface area contributed by atoms with Crippen LogP contribution >= 0.6 is 35.0 Å². The number of hydrogen-bond acceptors (Lipinski definition) is 5. The van der Waals surface area contributed by atoms with Crippen molar-refractivity contribution in [1.29, 1.82) is 0 Å². The van der Waals surface area contributed by atoms with Crippen LogP contribution in [0.1, 0.15) is 13.3 Å². The number of hydrogen-bond donors (Lipinski definition) is 1. The van der Waals surface area contributed by atoms with Crippen molar-refractivity contribution in [3.05, 3.63) is 46.6 Å². The number of carbonyl (C=O) groups excluding carboxylic acids is 1. The van der Waals surface area contributed by atoms with Gasteiger partial charge in [-0.15, -0.1) is 10.2 Å². The van der Waals surface area contributed by atoms with E-state index in [4.69, 9.17) is 27.6 Å². The molecule has 0 fully saturated rings. The first kappa shape index (κ1) is 18.8. The summed E-state index contributed by atoms with van der Waals surface area (Å²) in [4.78, 5) is 12.2. The number of carbonyl (C=O) groups is 1. The van der Waals surface area contributed by atoms with E-state index in [-0.39, 0.29) is 11.7 Å². The van der Waals surface area contributed by atoms with Crippen molar-refractivity contribution in [2.24, 2.45) is 0 Å². The summed E-state index contributed by atoms with van der Waals surface area (Å²) in [5.74, 6) is 1.26. The summed E-state index contributed by atoms with van der Waals surface area (Å²) >= 11 is 13.4. The third kappa shape index (κ3) is 4.23. The standard InChI is InChI=1S/C17H16Cl2N4O2S/c1-2-8-23-16(13-7-4-9-25-13)21-22-17(23)26-10-14(24)20-12-6-3-5-11(18)15(12)19/h3-7,9H,2,8,10H2,1H3,(H,20,24). The lowest BCUT2D eigenvalue weighted by molar-refractivity contribution is -0.113. The molecule has 1 N–H and O–H groups in total. The Bertz CT molecular complexity index is 896. The lowest BCUT2D eigenvalue weighted by atomic mass is 10.3. The van der Waals surface area contributed by atoms with Crippen LogP contribution in [0, 0.1) is 0 Å². The van der Waals surface area contributed by atoms with E-state index >= 15 is 0 Å². The Morgan fingerprint density at radius 2 is 2.12 bits per heavy atom. The molecule has 0 radical (unpaired) electrons. The van der Waals surface area contributed by atoms with Crippen LogP contribution in [0.5, 0.6) is 0 Å². The molecule has 136 valence electrons. The minimum absolute atomic E-state index is 0.169. The van der Waals surface area contributed by atoms with Gasteiger partial charge in [0.1, 0.15) is 0 Å². The van der Waals surface area contributed by atoms with Gasteiger partial charge in [0.2, 0.25) is 5.91 Å². The van der Waals surface area contributed by atoms with Crippen LogP contribution in [0.3, 0.4) is 0 Å². The van der Waals surface area contributed by atoms with Crippen LogP contribution in [0.15, 0.2) is 46.2 Å². The molecule has 2 aromatic heterocycles. The highest BCUT2D eigenvalue weighted by atomic mass is 35.5. The van der Waals surface area contributed by atoms with E-state index in [1.54, 1.807) is 30.5 Å². The van der Waals surface area contributed by atoms with Crippen molar-refractivity contribution in [2.75, 3.05) is 11.1 Å². The summed E-state index contributed by atoms with van der Waals surface area (Å²) in [7, 11) is 0. The molecule has 0 saturated heterocycles. The van der Waals surface area contributed by atoms with Gasteiger partial charge in [-0.25, -0.2) is 0 Å². The predicted octanol–water partition coefficient (Wildman–Crippen LogP) is 4.99. The molecular formula is C17H16Cl2N4O2S. The van der Waals surface area contributed by atoms with Gasteiger partial charge in [0.15, 0.2) is 16.7 Å². The van der Waals surface area contributed by atoms with Gasteiger partial charge >= 0.3 is 0 Å². The molecule has 9 heteroatoms. The zero-order valence-corrected chi connectivity index (χ0v) is 16.2. The summed E-state index contributed by atoms with van der Waals surface area (Å²) in [5, 5.41) is 12.5. The van der Waals surface area contributed by atoms with Crippen molar-refractivity contribution in [3.8, 4) is 11.6 Å². The van der Waals surface area contributed by atoms with Crippen LogP contribution in [0.2, 0.25) is 10.0 Å². The van der Waals surface area contributed by atoms with Gasteiger partial charge in [-0.05, 0) is 30.7 Å². The van der Waals surface area contributed by atoms with Crippen LogP contribution in [-0.4, -0.2) is 26.4 Å². The topological polar surface area (TPSA) is 73.0 Å². The molecule has 0 aliphatic heterocycles. The third-order valence-electron chi connectivity index (χ3n) is 3.46. The number of halogens is 2. The van der Waals surface area contributed by atoms with E-state index in [2.05, 4.69) is 22.4 Å². The Morgan fingerprint density at radius 1 is 1.27 bits per heavy atom. The van der Waals surface area contributed by atoms with Gasteiger partial charge in [0.25, 0.3) is 0 Å². The molecule has 2 heterocycles. The van der Waals surface area contributed by atoms with Gasteiger partial charge < -0.3 is 9.73 Å². The van der Waals surface area contributed by atoms with Crippen LogP contribution in [-0.2, 0) is 11.3 Å². The fourth-order valence-corrected chi connectivity index (χ4v) is 3.44. The van der Waals surface area contributed by atoms with Crippen LogP contribution in [0.4, 0.5) is 5.69 Å². The van der Waals surface area contributed by atoms with Crippen molar-refractivity contribution >= 4 is 46.6 Å². The Hall–Kier alpha value is -1.96. The highest BCUT2D eigenvalue weighted by molar-refractivity contribution is 7.99. The first-order valence-electron chi connectivity index (χ1n) is 7.94. The second kappa shape index (κ2) is 8.62. The third-order valence-corrected chi connectivity index (χ3v) is 5.25. The van der Waals surface area contributed by atoms with Crippen molar-refractivity contribution in [2.45, 2.75) is 25.0 Å². The first-order valence-corrected chi connectivity index (χ1v) is 9.68. The highest BCUT2D eigenvalue weighted by Crippen LogP contribution is 2.30. The molecule has 0 bridgehead atoms. The number of aromatic nitrogens is 3. The van der Waals surface area contributed by atoms with Crippen molar-refractivity contribution in [3.63, 3.8) is 0 Å². The number of thioether (sulfide) groups is 1. The Morgan fingerprint density at radius 3 is 2.85 bits per heavy atom. The average molecular weight is 411 g/mol. The first-order chi connectivity index (χ1) is 12.6. The number of amides is 1. The minimum Gasteiger partial charge on any atom is -0.461 e. The smallest absolute Gasteiger partial charge is 0.234 e. The average Bonchev–Trinajstić information content (AvgIpc) is 3.27. The van der Waals surface area contributed by atoms with Crippen molar-refractivity contribution < 1.29 is 9.21 Å². The number of benzene rings is 1. The molecule has 1 amide bonds. The monoisotopic (exact) mass is 410 g/mol. The van der Waals surface area contributed by atoms with E-state index in [0.717, 1.165) is 13.0 Å². The molecule has 0 spiro atoms. The Balaban J connectivity index is 1.69. The fourth-order valence-electron chi connectivity index (χ4n) is 2.33. The Kier molecular flexibility index (Phi) is 6.24. The van der Waals surface area contributed by atoms with Crippen molar-refractivity contribution in [1.82, 2.24) is 14.8 Å². The summed E-state index contributed by atoms with van der Waals surface area (Å²) < 4.78 is 7.36. The number of nitrogens with one attached hydrogen (secondary N) is 1. The predicted molar refractivity (Wildman–Crippen MR) is 104 cm³/mol. The molecule has 0 atom stereocenters.